The van der Waals surface area contributed by atoms with Crippen LogP contribution < -0.4 is 10.1 Å². The molecule has 3 aromatic rings. The van der Waals surface area contributed by atoms with E-state index in [2.05, 4.69) is 20.3 Å². The zero-order chi connectivity index (χ0) is 27.2. The summed E-state index contributed by atoms with van der Waals surface area (Å²) in [7, 11) is 0. The SMILES string of the molecule is Cc1[nH]c2c(-c3cc(C(F)(F)F)ccc3OCC3CC3)ncnc2c1C(=O)N[C@@H]1CN(C(=O)CO)C[C@H]1F. The van der Waals surface area contributed by atoms with Gasteiger partial charge >= 0.3 is 6.18 Å². The van der Waals surface area contributed by atoms with Crippen molar-refractivity contribution in [3.05, 3.63) is 41.3 Å². The molecule has 2 aliphatic rings. The molecule has 1 saturated carbocycles. The highest BCUT2D eigenvalue weighted by Crippen LogP contribution is 2.40. The highest BCUT2D eigenvalue weighted by molar-refractivity contribution is 6.09. The van der Waals surface area contributed by atoms with Crippen LogP contribution in [-0.4, -0.2) is 75.3 Å². The number of ether oxygens (including phenoxy) is 1. The van der Waals surface area contributed by atoms with E-state index in [4.69, 9.17) is 9.84 Å². The number of H-pyrrole nitrogens is 1. The minimum atomic E-state index is -4.60. The minimum absolute atomic E-state index is 0.0789. The number of aryl methyl sites for hydroxylation is 1. The van der Waals surface area contributed by atoms with Crippen LogP contribution in [0.4, 0.5) is 17.6 Å². The van der Waals surface area contributed by atoms with Gasteiger partial charge in [-0.25, -0.2) is 14.4 Å². The molecule has 0 spiro atoms. The Bertz CT molecular complexity index is 1390. The standard InChI is InChI=1S/C25H25F4N5O4/c1-12-20(24(37)33-17-8-34(7-16(17)26)19(36)9-35)22-23(32-12)21(30-11-31-22)15-6-14(25(27,28)29)4-5-18(15)38-10-13-2-3-13/h4-6,11,13,16-17,32,35H,2-3,7-10H2,1H3,(H,33,37)/t16-,17-/m1/s1. The summed E-state index contributed by atoms with van der Waals surface area (Å²) >= 11 is 0. The number of halogens is 4. The Balaban J connectivity index is 1.50. The van der Waals surface area contributed by atoms with Crippen molar-refractivity contribution in [1.82, 2.24) is 25.2 Å². The lowest BCUT2D eigenvalue weighted by molar-refractivity contribution is -0.137. The molecule has 1 aliphatic carbocycles. The van der Waals surface area contributed by atoms with Gasteiger partial charge in [0.25, 0.3) is 5.91 Å². The fourth-order valence-electron chi connectivity index (χ4n) is 4.56. The molecule has 2 atom stereocenters. The first-order chi connectivity index (χ1) is 18.1. The number of aliphatic hydroxyl groups excluding tert-OH is 1. The van der Waals surface area contributed by atoms with E-state index < -0.39 is 42.4 Å². The smallest absolute Gasteiger partial charge is 0.416 e. The summed E-state index contributed by atoms with van der Waals surface area (Å²) in [5.74, 6) is -0.732. The van der Waals surface area contributed by atoms with Gasteiger partial charge in [0, 0.05) is 17.8 Å². The molecule has 0 unspecified atom stereocenters. The van der Waals surface area contributed by atoms with Crippen molar-refractivity contribution in [3.63, 3.8) is 0 Å². The number of aromatic nitrogens is 3. The zero-order valence-corrected chi connectivity index (χ0v) is 20.3. The number of carbonyl (C=O) groups excluding carboxylic acids is 2. The number of aliphatic hydroxyl groups is 1. The first kappa shape index (κ1) is 25.9. The molecular weight excluding hydrogens is 510 g/mol. The van der Waals surface area contributed by atoms with Gasteiger partial charge in [-0.1, -0.05) is 0 Å². The Hall–Kier alpha value is -3.74. The van der Waals surface area contributed by atoms with Crippen LogP contribution in [0.15, 0.2) is 24.5 Å². The number of rotatable bonds is 7. The molecule has 0 bridgehead atoms. The number of aromatic amines is 1. The quantitative estimate of drug-likeness (QED) is 0.400. The third kappa shape index (κ3) is 5.02. The van der Waals surface area contributed by atoms with E-state index in [9.17, 15) is 27.2 Å². The van der Waals surface area contributed by atoms with Crippen molar-refractivity contribution < 1.29 is 37.0 Å². The Kier molecular flexibility index (Phi) is 6.72. The van der Waals surface area contributed by atoms with Crippen molar-refractivity contribution in [2.45, 2.75) is 38.2 Å². The first-order valence-electron chi connectivity index (χ1n) is 12.1. The lowest BCUT2D eigenvalue weighted by atomic mass is 10.0. The molecule has 13 heteroatoms. The van der Waals surface area contributed by atoms with Crippen molar-refractivity contribution in [2.75, 3.05) is 26.3 Å². The molecule has 1 saturated heterocycles. The van der Waals surface area contributed by atoms with Gasteiger partial charge in [0.15, 0.2) is 0 Å². The number of benzene rings is 1. The summed E-state index contributed by atoms with van der Waals surface area (Å²) in [6.07, 6.45) is -3.01. The van der Waals surface area contributed by atoms with E-state index in [1.54, 1.807) is 6.92 Å². The van der Waals surface area contributed by atoms with E-state index in [0.717, 1.165) is 36.2 Å². The first-order valence-corrected chi connectivity index (χ1v) is 12.1. The minimum Gasteiger partial charge on any atom is -0.493 e. The van der Waals surface area contributed by atoms with Crippen LogP contribution in [-0.2, 0) is 11.0 Å². The summed E-state index contributed by atoms with van der Waals surface area (Å²) in [6.45, 7) is 0.810. The maximum absolute atomic E-state index is 14.5. The van der Waals surface area contributed by atoms with Crippen molar-refractivity contribution in [2.24, 2.45) is 5.92 Å². The van der Waals surface area contributed by atoms with E-state index >= 15 is 0 Å². The second-order valence-corrected chi connectivity index (χ2v) is 9.59. The number of likely N-dealkylation sites (tertiary alicyclic amines) is 1. The Morgan fingerprint density at radius 3 is 2.68 bits per heavy atom. The second-order valence-electron chi connectivity index (χ2n) is 9.59. The molecule has 1 aromatic carbocycles. The lowest BCUT2D eigenvalue weighted by Gasteiger charge is -2.16. The molecule has 9 nitrogen and oxygen atoms in total. The predicted octanol–water partition coefficient (Wildman–Crippen LogP) is 3.01. The normalized spacial score (nSPS) is 19.7. The van der Waals surface area contributed by atoms with Gasteiger partial charge < -0.3 is 25.0 Å². The summed E-state index contributed by atoms with van der Waals surface area (Å²) in [6, 6.07) is 2.16. The zero-order valence-electron chi connectivity index (χ0n) is 20.3. The highest BCUT2D eigenvalue weighted by atomic mass is 19.4. The molecule has 0 radical (unpaired) electrons. The summed E-state index contributed by atoms with van der Waals surface area (Å²) in [4.78, 5) is 37.4. The van der Waals surface area contributed by atoms with Crippen molar-refractivity contribution >= 4 is 22.8 Å². The van der Waals surface area contributed by atoms with Gasteiger partial charge in [-0.05, 0) is 43.9 Å². The molecule has 2 aromatic heterocycles. The van der Waals surface area contributed by atoms with Gasteiger partial charge in [-0.15, -0.1) is 0 Å². The molecule has 3 N–H and O–H groups in total. The Labute approximate surface area is 214 Å². The fraction of sp³-hybridized carbons (Fsp3) is 0.440. The Morgan fingerprint density at radius 2 is 2.00 bits per heavy atom. The van der Waals surface area contributed by atoms with Crippen LogP contribution in [0.2, 0.25) is 0 Å². The lowest BCUT2D eigenvalue weighted by Crippen LogP contribution is -2.42. The summed E-state index contributed by atoms with van der Waals surface area (Å²) < 4.78 is 61.0. The van der Waals surface area contributed by atoms with E-state index in [0.29, 0.717) is 18.2 Å². The molecule has 3 heterocycles. The number of fused-ring (bicyclic) bond motifs is 1. The molecule has 5 rings (SSSR count). The maximum Gasteiger partial charge on any atom is 0.416 e. The maximum atomic E-state index is 14.5. The Morgan fingerprint density at radius 1 is 1.24 bits per heavy atom. The summed E-state index contributed by atoms with van der Waals surface area (Å²) in [5, 5.41) is 11.6. The largest absolute Gasteiger partial charge is 0.493 e. The van der Waals surface area contributed by atoms with Gasteiger partial charge in [-0.2, -0.15) is 13.2 Å². The van der Waals surface area contributed by atoms with Gasteiger partial charge in [0.1, 0.15) is 36.1 Å². The number of nitrogens with one attached hydrogen (secondary N) is 2. The fourth-order valence-corrected chi connectivity index (χ4v) is 4.56. The third-order valence-electron chi connectivity index (χ3n) is 6.79. The van der Waals surface area contributed by atoms with Crippen LogP contribution >= 0.6 is 0 Å². The van der Waals surface area contributed by atoms with Crippen LogP contribution in [0.3, 0.4) is 0 Å². The molecule has 1 aliphatic heterocycles. The topological polar surface area (TPSA) is 120 Å². The molecule has 202 valence electrons. The number of hydrogen-bond donors (Lipinski definition) is 3. The number of carbonyl (C=O) groups is 2. The van der Waals surface area contributed by atoms with Gasteiger partial charge in [0.05, 0.1) is 35.8 Å². The monoisotopic (exact) mass is 535 g/mol. The number of amides is 2. The number of nitrogens with zero attached hydrogens (tertiary/aromatic N) is 3. The molecule has 38 heavy (non-hydrogen) atoms. The van der Waals surface area contributed by atoms with E-state index in [-0.39, 0.29) is 46.7 Å². The van der Waals surface area contributed by atoms with Crippen molar-refractivity contribution in [3.8, 4) is 17.0 Å². The van der Waals surface area contributed by atoms with Gasteiger partial charge in [0.2, 0.25) is 5.91 Å². The summed E-state index contributed by atoms with van der Waals surface area (Å²) in [5.41, 5.74) is 0.144. The predicted molar refractivity (Wildman–Crippen MR) is 127 cm³/mol. The molecular formula is C25H25F4N5O4. The van der Waals surface area contributed by atoms with E-state index in [1.165, 1.54) is 6.07 Å². The van der Waals surface area contributed by atoms with Crippen LogP contribution in [0.25, 0.3) is 22.3 Å². The van der Waals surface area contributed by atoms with Crippen molar-refractivity contribution in [1.29, 1.82) is 0 Å². The number of alkyl halides is 4. The van der Waals surface area contributed by atoms with Crippen LogP contribution in [0, 0.1) is 12.8 Å². The third-order valence-corrected chi connectivity index (χ3v) is 6.79. The van der Waals surface area contributed by atoms with Crippen LogP contribution in [0.1, 0.15) is 34.5 Å². The average molecular weight is 535 g/mol. The molecule has 2 amide bonds. The highest BCUT2D eigenvalue weighted by Gasteiger charge is 2.37. The second kappa shape index (κ2) is 9.86. The number of hydrogen-bond acceptors (Lipinski definition) is 6. The van der Waals surface area contributed by atoms with E-state index in [1.807, 2.05) is 0 Å². The average Bonchev–Trinajstić information content (AvgIpc) is 3.55. The van der Waals surface area contributed by atoms with Gasteiger partial charge in [-0.3, -0.25) is 9.59 Å². The molecule has 2 fully saturated rings. The van der Waals surface area contributed by atoms with Crippen LogP contribution in [0.5, 0.6) is 5.75 Å².